The van der Waals surface area contributed by atoms with Crippen molar-refractivity contribution in [1.29, 1.82) is 0 Å². The molecule has 212 valence electrons. The molecule has 4 rings (SSSR count). The number of ether oxygens (including phenoxy) is 5. The molecule has 0 unspecified atom stereocenters. The van der Waals surface area contributed by atoms with Gasteiger partial charge in [-0.25, -0.2) is 4.79 Å². The summed E-state index contributed by atoms with van der Waals surface area (Å²) in [7, 11) is 4.58. The number of halogens is 1. The maximum Gasteiger partial charge on any atom is 0.342 e. The van der Waals surface area contributed by atoms with Crippen molar-refractivity contribution in [2.24, 2.45) is 0 Å². The molecule has 9 nitrogen and oxygen atoms in total. The number of rotatable bonds is 10. The number of nitrogen functional groups attached to an aromatic ring is 1. The van der Waals surface area contributed by atoms with Gasteiger partial charge >= 0.3 is 5.97 Å². The molecule has 0 saturated carbocycles. The number of carbonyl (C=O) groups excluding carboxylic acids is 2. The maximum atomic E-state index is 13.1. The first-order chi connectivity index (χ1) is 18.6. The molecule has 0 aromatic heterocycles. The first-order valence-corrected chi connectivity index (χ1v) is 13.5. The third-order valence-electron chi connectivity index (χ3n) is 7.25. The summed E-state index contributed by atoms with van der Waals surface area (Å²) >= 11 is 6.31. The number of hydrogen-bond acceptors (Lipinski definition) is 9. The van der Waals surface area contributed by atoms with Crippen LogP contribution in [0.2, 0.25) is 5.02 Å². The molecule has 0 atom stereocenters. The topological polar surface area (TPSA) is 110 Å². The number of Topliss-reactive ketones (excluding diaryl/α,β-unsaturated/α-hetero) is 1. The molecule has 2 aliphatic rings. The second kappa shape index (κ2) is 11.9. The predicted octanol–water partition coefficient (Wildman–Crippen LogP) is 4.95. The molecule has 1 saturated heterocycles. The number of ketones is 1. The molecule has 39 heavy (non-hydrogen) atoms. The molecule has 0 aliphatic carbocycles. The lowest BCUT2D eigenvalue weighted by Crippen LogP contribution is -2.38. The second-order valence-corrected chi connectivity index (χ2v) is 11.0. The molecule has 2 N–H and O–H groups in total. The number of methoxy groups -OCH3 is 3. The van der Waals surface area contributed by atoms with Crippen LogP contribution in [0.15, 0.2) is 18.2 Å². The molecule has 2 aromatic carbocycles. The Kier molecular flexibility index (Phi) is 8.81. The Labute approximate surface area is 234 Å². The standard InChI is InChI=1S/C29H37ClN2O7/c1-29(2)16-20-25(31)21(30)15-19(26(20)39-29)28(34)38-18-8-11-32(12-9-18)10-6-7-22(33)17-13-23(35-3)27(37-5)24(14-17)36-4/h13-15,18H,6-12,16,31H2,1-5H3. The highest BCUT2D eigenvalue weighted by molar-refractivity contribution is 6.33. The molecule has 0 amide bonds. The van der Waals surface area contributed by atoms with E-state index < -0.39 is 11.6 Å². The summed E-state index contributed by atoms with van der Waals surface area (Å²) in [5.74, 6) is 1.41. The van der Waals surface area contributed by atoms with Crippen LogP contribution in [0.1, 0.15) is 65.8 Å². The van der Waals surface area contributed by atoms with E-state index >= 15 is 0 Å². The van der Waals surface area contributed by atoms with E-state index in [9.17, 15) is 9.59 Å². The van der Waals surface area contributed by atoms with Gasteiger partial charge in [0.15, 0.2) is 17.3 Å². The summed E-state index contributed by atoms with van der Waals surface area (Å²) in [5, 5.41) is 0.331. The molecule has 1 fully saturated rings. The molecular weight excluding hydrogens is 524 g/mol. The molecule has 0 radical (unpaired) electrons. The molecule has 2 heterocycles. The number of piperidine rings is 1. The van der Waals surface area contributed by atoms with Crippen LogP contribution in [0.4, 0.5) is 5.69 Å². The highest BCUT2D eigenvalue weighted by atomic mass is 35.5. The number of anilines is 1. The highest BCUT2D eigenvalue weighted by Gasteiger charge is 2.37. The summed E-state index contributed by atoms with van der Waals surface area (Å²) in [6.45, 7) is 6.23. The van der Waals surface area contributed by atoms with Gasteiger partial charge in [0.05, 0.1) is 32.0 Å². The van der Waals surface area contributed by atoms with Gasteiger partial charge in [0, 0.05) is 37.1 Å². The monoisotopic (exact) mass is 560 g/mol. The van der Waals surface area contributed by atoms with Crippen molar-refractivity contribution in [2.75, 3.05) is 46.7 Å². The van der Waals surface area contributed by atoms with Crippen molar-refractivity contribution in [1.82, 2.24) is 4.90 Å². The molecular formula is C29H37ClN2O7. The highest BCUT2D eigenvalue weighted by Crippen LogP contribution is 2.44. The van der Waals surface area contributed by atoms with Gasteiger partial charge < -0.3 is 34.3 Å². The Morgan fingerprint density at radius 3 is 2.31 bits per heavy atom. The number of fused-ring (bicyclic) bond motifs is 1. The van der Waals surface area contributed by atoms with Crippen LogP contribution in [-0.4, -0.2) is 69.3 Å². The largest absolute Gasteiger partial charge is 0.493 e. The summed E-state index contributed by atoms with van der Waals surface area (Å²) < 4.78 is 27.9. The summed E-state index contributed by atoms with van der Waals surface area (Å²) in [5.41, 5.74) is 7.74. The van der Waals surface area contributed by atoms with Crippen molar-refractivity contribution < 1.29 is 33.3 Å². The van der Waals surface area contributed by atoms with Crippen molar-refractivity contribution >= 4 is 29.0 Å². The van der Waals surface area contributed by atoms with Crippen LogP contribution in [0.3, 0.4) is 0 Å². The summed E-state index contributed by atoms with van der Waals surface area (Å²) in [6, 6.07) is 4.90. The molecule has 0 bridgehead atoms. The fraction of sp³-hybridized carbons (Fsp3) is 0.517. The smallest absolute Gasteiger partial charge is 0.342 e. The van der Waals surface area contributed by atoms with E-state index in [-0.39, 0.29) is 11.9 Å². The summed E-state index contributed by atoms with van der Waals surface area (Å²) in [6.07, 6.45) is 2.91. The number of hydrogen-bond donors (Lipinski definition) is 1. The van der Waals surface area contributed by atoms with Gasteiger partial charge in [-0.1, -0.05) is 11.6 Å². The first kappa shape index (κ1) is 28.8. The van der Waals surface area contributed by atoms with Crippen LogP contribution in [-0.2, 0) is 11.2 Å². The van der Waals surface area contributed by atoms with Crippen molar-refractivity contribution in [3.05, 3.63) is 39.9 Å². The third-order valence-corrected chi connectivity index (χ3v) is 7.56. The van der Waals surface area contributed by atoms with Crippen LogP contribution in [0.25, 0.3) is 0 Å². The van der Waals surface area contributed by atoms with Gasteiger partial charge in [-0.15, -0.1) is 0 Å². The Hall–Kier alpha value is -3.17. The average molecular weight is 561 g/mol. The van der Waals surface area contributed by atoms with Gasteiger partial charge in [-0.3, -0.25) is 4.79 Å². The fourth-order valence-electron chi connectivity index (χ4n) is 5.20. The number of nitrogens with zero attached hydrogens (tertiary/aromatic N) is 1. The minimum atomic E-state index is -0.464. The van der Waals surface area contributed by atoms with Crippen molar-refractivity contribution in [2.45, 2.75) is 57.7 Å². The quantitative estimate of drug-likeness (QED) is 0.245. The van der Waals surface area contributed by atoms with Crippen LogP contribution in [0, 0.1) is 0 Å². The molecule has 10 heteroatoms. The third kappa shape index (κ3) is 6.36. The maximum absolute atomic E-state index is 13.1. The lowest BCUT2D eigenvalue weighted by Gasteiger charge is -2.31. The SMILES string of the molecule is COc1cc(C(=O)CCCN2CCC(OC(=O)c3cc(Cl)c(N)c4c3OC(C)(C)C4)CC2)cc(OC)c1OC. The van der Waals surface area contributed by atoms with Gasteiger partial charge in [0.1, 0.15) is 23.0 Å². The van der Waals surface area contributed by atoms with Crippen molar-refractivity contribution in [3.8, 4) is 23.0 Å². The zero-order valence-electron chi connectivity index (χ0n) is 23.2. The summed E-state index contributed by atoms with van der Waals surface area (Å²) in [4.78, 5) is 28.2. The van der Waals surface area contributed by atoms with E-state index in [1.54, 1.807) is 18.2 Å². The van der Waals surface area contributed by atoms with Gasteiger partial charge in [0.2, 0.25) is 5.75 Å². The molecule has 2 aliphatic heterocycles. The molecule has 0 spiro atoms. The Morgan fingerprint density at radius 2 is 1.72 bits per heavy atom. The molecule has 2 aromatic rings. The number of likely N-dealkylation sites (tertiary alicyclic amines) is 1. The van der Waals surface area contributed by atoms with Crippen LogP contribution < -0.4 is 24.7 Å². The van der Waals surface area contributed by atoms with E-state index in [1.807, 2.05) is 13.8 Å². The number of nitrogens with two attached hydrogens (primary N) is 1. The Morgan fingerprint density at radius 1 is 1.08 bits per heavy atom. The zero-order valence-corrected chi connectivity index (χ0v) is 24.0. The van der Waals surface area contributed by atoms with Gasteiger partial charge in [0.25, 0.3) is 0 Å². The second-order valence-electron chi connectivity index (χ2n) is 10.6. The van der Waals surface area contributed by atoms with Crippen molar-refractivity contribution in [3.63, 3.8) is 0 Å². The van der Waals surface area contributed by atoms with E-state index in [0.29, 0.717) is 76.9 Å². The zero-order chi connectivity index (χ0) is 28.3. The van der Waals surface area contributed by atoms with E-state index in [0.717, 1.165) is 25.2 Å². The minimum absolute atomic E-state index is 0.0122. The fourth-order valence-corrected chi connectivity index (χ4v) is 5.42. The average Bonchev–Trinajstić information content (AvgIpc) is 3.25. The van der Waals surface area contributed by atoms with E-state index in [1.165, 1.54) is 21.3 Å². The number of benzene rings is 2. The van der Waals surface area contributed by atoms with Gasteiger partial charge in [-0.05, 0) is 57.9 Å². The van der Waals surface area contributed by atoms with Gasteiger partial charge in [-0.2, -0.15) is 0 Å². The normalized spacial score (nSPS) is 16.8. The first-order valence-electron chi connectivity index (χ1n) is 13.1. The lowest BCUT2D eigenvalue weighted by atomic mass is 9.98. The van der Waals surface area contributed by atoms with Crippen LogP contribution in [0.5, 0.6) is 23.0 Å². The number of esters is 1. The predicted molar refractivity (Wildman–Crippen MR) is 149 cm³/mol. The lowest BCUT2D eigenvalue weighted by molar-refractivity contribution is 0.0106. The minimum Gasteiger partial charge on any atom is -0.493 e. The van der Waals surface area contributed by atoms with E-state index in [2.05, 4.69) is 4.90 Å². The Bertz CT molecular complexity index is 1210. The van der Waals surface area contributed by atoms with E-state index in [4.69, 9.17) is 41.0 Å². The Balaban J connectivity index is 1.27. The number of carbonyl (C=O) groups is 2. The van der Waals surface area contributed by atoms with Crippen LogP contribution >= 0.6 is 11.6 Å².